The molecule has 7 heteroatoms. The van der Waals surface area contributed by atoms with Crippen LogP contribution in [0, 0.1) is 10.8 Å². The van der Waals surface area contributed by atoms with Crippen LogP contribution in [0.3, 0.4) is 0 Å². The molecule has 0 aliphatic heterocycles. The van der Waals surface area contributed by atoms with Crippen LogP contribution in [0.15, 0.2) is 41.8 Å². The van der Waals surface area contributed by atoms with Gasteiger partial charge in [-0.3, -0.25) is 4.79 Å². The van der Waals surface area contributed by atoms with Crippen molar-refractivity contribution in [2.75, 3.05) is 0 Å². The van der Waals surface area contributed by atoms with Crippen LogP contribution in [-0.2, 0) is 11.8 Å². The van der Waals surface area contributed by atoms with Gasteiger partial charge in [0.25, 0.3) is 0 Å². The number of nitrogens with one attached hydrogen (secondary N) is 2. The molecule has 0 fully saturated rings. The molecule has 0 spiro atoms. The normalized spacial score (nSPS) is 12.9. The lowest BCUT2D eigenvalue weighted by molar-refractivity contribution is -0.114. The number of aryl methyl sites for hydroxylation is 1. The predicted octanol–water partition coefficient (Wildman–Crippen LogP) is 1.78. The number of allylic oxidation sites excluding steroid dienone is 3. The van der Waals surface area contributed by atoms with E-state index in [9.17, 15) is 4.79 Å². The van der Waals surface area contributed by atoms with Crippen molar-refractivity contribution in [2.24, 2.45) is 18.5 Å². The molecule has 0 aliphatic carbocycles. The summed E-state index contributed by atoms with van der Waals surface area (Å²) in [6, 6.07) is 0. The van der Waals surface area contributed by atoms with Crippen molar-refractivity contribution < 1.29 is 4.79 Å². The van der Waals surface area contributed by atoms with E-state index in [2.05, 4.69) is 11.6 Å². The molecule has 24 heavy (non-hydrogen) atoms. The third-order valence-electron chi connectivity index (χ3n) is 3.24. The number of hydrogen-bond donors (Lipinski definition) is 4. The highest BCUT2D eigenvalue weighted by Crippen LogP contribution is 2.20. The SMILES string of the molecule is C=C(/C=C(N)\C(C=N)=C(/C)c1nc(/C=C/C(C)=N)cn1C)C(N)=O. The molecule has 6 N–H and O–H groups in total. The van der Waals surface area contributed by atoms with Crippen molar-refractivity contribution >= 4 is 29.5 Å². The first-order valence-corrected chi connectivity index (χ1v) is 7.12. The van der Waals surface area contributed by atoms with Gasteiger partial charge in [-0.05, 0) is 32.1 Å². The van der Waals surface area contributed by atoms with Crippen molar-refractivity contribution in [1.29, 1.82) is 10.8 Å². The van der Waals surface area contributed by atoms with Crippen LogP contribution in [0.1, 0.15) is 25.4 Å². The van der Waals surface area contributed by atoms with Crippen LogP contribution in [0.4, 0.5) is 0 Å². The Morgan fingerprint density at radius 2 is 2.00 bits per heavy atom. The van der Waals surface area contributed by atoms with Gasteiger partial charge in [-0.25, -0.2) is 4.98 Å². The van der Waals surface area contributed by atoms with Gasteiger partial charge in [0.1, 0.15) is 5.82 Å². The molecule has 7 nitrogen and oxygen atoms in total. The van der Waals surface area contributed by atoms with Crippen LogP contribution in [0.5, 0.6) is 0 Å². The fraction of sp³-hybridized carbons (Fsp3) is 0.176. The zero-order chi connectivity index (χ0) is 18.4. The third kappa shape index (κ3) is 4.64. The molecule has 0 aromatic carbocycles. The summed E-state index contributed by atoms with van der Waals surface area (Å²) in [5.74, 6) is -0.0526. The quantitative estimate of drug-likeness (QED) is 0.345. The summed E-state index contributed by atoms with van der Waals surface area (Å²) in [5.41, 5.74) is 13.6. The summed E-state index contributed by atoms with van der Waals surface area (Å²) >= 11 is 0. The summed E-state index contributed by atoms with van der Waals surface area (Å²) < 4.78 is 1.80. The molecular formula is C17H22N6O. The minimum absolute atomic E-state index is 0.0598. The molecular weight excluding hydrogens is 304 g/mol. The van der Waals surface area contributed by atoms with E-state index in [0.29, 0.717) is 28.4 Å². The Balaban J connectivity index is 3.34. The molecule has 1 heterocycles. The highest BCUT2D eigenvalue weighted by atomic mass is 16.1. The summed E-state index contributed by atoms with van der Waals surface area (Å²) in [4.78, 5) is 15.5. The Bertz CT molecular complexity index is 792. The molecule has 1 aromatic rings. The highest BCUT2D eigenvalue weighted by molar-refractivity contribution is 5.97. The smallest absolute Gasteiger partial charge is 0.248 e. The first-order valence-electron chi connectivity index (χ1n) is 7.12. The highest BCUT2D eigenvalue weighted by Gasteiger charge is 2.12. The standard InChI is InChI=1S/C17H22N6O/c1-10(16(21)24)7-15(20)14(8-18)12(3)17-22-13(9-23(17)4)6-5-11(2)19/h5-9,18-19H,1,20H2,2-4H3,(H2,21,24)/b6-5+,14-12+,15-7+,18-8?,19-11?. The van der Waals surface area contributed by atoms with E-state index in [0.717, 1.165) is 6.21 Å². The number of carbonyl (C=O) groups excluding carboxylic acids is 1. The van der Waals surface area contributed by atoms with E-state index in [1.165, 1.54) is 6.08 Å². The minimum atomic E-state index is -0.675. The molecule has 0 unspecified atom stereocenters. The van der Waals surface area contributed by atoms with Gasteiger partial charge >= 0.3 is 0 Å². The van der Waals surface area contributed by atoms with E-state index >= 15 is 0 Å². The van der Waals surface area contributed by atoms with Gasteiger partial charge in [0.2, 0.25) is 5.91 Å². The maximum atomic E-state index is 11.1. The van der Waals surface area contributed by atoms with Gasteiger partial charge in [-0.2, -0.15) is 0 Å². The van der Waals surface area contributed by atoms with Gasteiger partial charge < -0.3 is 26.9 Å². The summed E-state index contributed by atoms with van der Waals surface area (Å²) in [7, 11) is 1.82. The van der Waals surface area contributed by atoms with Crippen LogP contribution in [0.2, 0.25) is 0 Å². The number of nitrogens with zero attached hydrogens (tertiary/aromatic N) is 2. The number of hydrogen-bond acceptors (Lipinski definition) is 5. The number of amides is 1. The van der Waals surface area contributed by atoms with Gasteiger partial charge in [0.05, 0.1) is 5.69 Å². The maximum Gasteiger partial charge on any atom is 0.248 e. The van der Waals surface area contributed by atoms with E-state index in [4.69, 9.17) is 22.3 Å². The molecule has 1 aromatic heterocycles. The van der Waals surface area contributed by atoms with Crippen molar-refractivity contribution in [3.63, 3.8) is 0 Å². The first kappa shape index (κ1) is 18.8. The lowest BCUT2D eigenvalue weighted by atomic mass is 10.0. The van der Waals surface area contributed by atoms with E-state index in [-0.39, 0.29) is 11.3 Å². The van der Waals surface area contributed by atoms with Crippen LogP contribution >= 0.6 is 0 Å². The Morgan fingerprint density at radius 3 is 2.50 bits per heavy atom. The number of rotatable bonds is 7. The average Bonchev–Trinajstić information content (AvgIpc) is 2.86. The van der Waals surface area contributed by atoms with Crippen molar-refractivity contribution in [1.82, 2.24) is 9.55 Å². The Hall–Kier alpha value is -3.22. The van der Waals surface area contributed by atoms with E-state index in [1.807, 2.05) is 13.2 Å². The van der Waals surface area contributed by atoms with Crippen molar-refractivity contribution in [2.45, 2.75) is 13.8 Å². The number of primary amides is 1. The lowest BCUT2D eigenvalue weighted by Crippen LogP contribution is -2.14. The summed E-state index contributed by atoms with van der Waals surface area (Å²) in [5, 5.41) is 15.0. The molecule has 1 amide bonds. The molecule has 0 aliphatic rings. The van der Waals surface area contributed by atoms with Crippen LogP contribution in [0.25, 0.3) is 11.6 Å². The fourth-order valence-electron chi connectivity index (χ4n) is 1.99. The van der Waals surface area contributed by atoms with Crippen molar-refractivity contribution in [3.05, 3.63) is 53.3 Å². The zero-order valence-corrected chi connectivity index (χ0v) is 14.1. The topological polar surface area (TPSA) is 135 Å². The molecule has 126 valence electrons. The van der Waals surface area contributed by atoms with E-state index < -0.39 is 5.91 Å². The number of nitrogens with two attached hydrogens (primary N) is 2. The van der Waals surface area contributed by atoms with Crippen LogP contribution in [-0.4, -0.2) is 27.4 Å². The lowest BCUT2D eigenvalue weighted by Gasteiger charge is -2.09. The van der Waals surface area contributed by atoms with Gasteiger partial charge in [0, 0.05) is 47.6 Å². The summed E-state index contributed by atoms with van der Waals surface area (Å²) in [6.07, 6.45) is 7.63. The molecule has 0 saturated heterocycles. The monoisotopic (exact) mass is 326 g/mol. The average molecular weight is 326 g/mol. The molecule has 0 bridgehead atoms. The Morgan fingerprint density at radius 1 is 1.38 bits per heavy atom. The second-order valence-electron chi connectivity index (χ2n) is 5.29. The molecule has 1 rings (SSSR count). The Labute approximate surface area is 141 Å². The maximum absolute atomic E-state index is 11.1. The fourth-order valence-corrected chi connectivity index (χ4v) is 1.99. The third-order valence-corrected chi connectivity index (χ3v) is 3.24. The predicted molar refractivity (Wildman–Crippen MR) is 97.6 cm³/mol. The number of aromatic nitrogens is 2. The van der Waals surface area contributed by atoms with Crippen LogP contribution < -0.4 is 11.5 Å². The minimum Gasteiger partial charge on any atom is -0.398 e. The van der Waals surface area contributed by atoms with Gasteiger partial charge in [0.15, 0.2) is 0 Å². The molecule has 0 radical (unpaired) electrons. The second kappa shape index (κ2) is 7.87. The van der Waals surface area contributed by atoms with Gasteiger partial charge in [-0.1, -0.05) is 6.58 Å². The molecule has 0 saturated carbocycles. The van der Waals surface area contributed by atoms with Gasteiger partial charge in [-0.15, -0.1) is 0 Å². The first-order chi connectivity index (χ1) is 11.2. The summed E-state index contributed by atoms with van der Waals surface area (Å²) in [6.45, 7) is 6.99. The number of imidazole rings is 1. The zero-order valence-electron chi connectivity index (χ0n) is 14.1. The molecule has 0 atom stereocenters. The van der Waals surface area contributed by atoms with Crippen molar-refractivity contribution in [3.8, 4) is 0 Å². The second-order valence-corrected chi connectivity index (χ2v) is 5.29. The van der Waals surface area contributed by atoms with E-state index in [1.54, 1.807) is 30.6 Å². The largest absolute Gasteiger partial charge is 0.398 e. The number of carbonyl (C=O) groups is 1. The Kier molecular flexibility index (Phi) is 6.17.